The highest BCUT2D eigenvalue weighted by molar-refractivity contribution is 7.99. The zero-order valence-electron chi connectivity index (χ0n) is 18.6. The number of thiazole rings is 1. The minimum absolute atomic E-state index is 0. The van der Waals surface area contributed by atoms with E-state index in [1.807, 2.05) is 29.2 Å². The number of aryl methyl sites for hydroxylation is 1. The third-order valence-electron chi connectivity index (χ3n) is 5.46. The third-order valence-corrected chi connectivity index (χ3v) is 7.46. The highest BCUT2D eigenvalue weighted by atomic mass is 35.5. The van der Waals surface area contributed by atoms with Gasteiger partial charge in [-0.05, 0) is 42.9 Å². The number of aromatic nitrogens is 1. The normalized spacial score (nSPS) is 14.3. The first-order valence-corrected chi connectivity index (χ1v) is 12.7. The van der Waals surface area contributed by atoms with Crippen LogP contribution in [-0.2, 0) is 4.74 Å². The Morgan fingerprint density at radius 1 is 1.19 bits per heavy atom. The van der Waals surface area contributed by atoms with Crippen LogP contribution in [0.4, 0.5) is 5.13 Å². The summed E-state index contributed by atoms with van der Waals surface area (Å²) in [5, 5.41) is 0.785. The van der Waals surface area contributed by atoms with Gasteiger partial charge in [-0.1, -0.05) is 42.5 Å². The molecule has 2 aromatic carbocycles. The average molecular weight is 492 g/mol. The molecule has 1 fully saturated rings. The number of anilines is 1. The summed E-state index contributed by atoms with van der Waals surface area (Å²) in [5.41, 5.74) is 2.89. The molecule has 172 valence electrons. The van der Waals surface area contributed by atoms with E-state index < -0.39 is 0 Å². The summed E-state index contributed by atoms with van der Waals surface area (Å²) in [5.74, 6) is 0.969. The Bertz CT molecular complexity index is 1040. The first kappa shape index (κ1) is 25.0. The zero-order valence-corrected chi connectivity index (χ0v) is 21.0. The number of fused-ring (bicyclic) bond motifs is 1. The molecule has 5 nitrogen and oxygen atoms in total. The molecule has 8 heteroatoms. The Morgan fingerprint density at radius 2 is 1.97 bits per heavy atom. The molecule has 2 heterocycles. The van der Waals surface area contributed by atoms with Gasteiger partial charge in [0.2, 0.25) is 0 Å². The molecule has 0 bridgehead atoms. The highest BCUT2D eigenvalue weighted by Gasteiger charge is 2.24. The number of thioether (sulfide) groups is 1. The Hall–Kier alpha value is -1.64. The molecule has 32 heavy (non-hydrogen) atoms. The van der Waals surface area contributed by atoms with E-state index in [0.29, 0.717) is 6.54 Å². The van der Waals surface area contributed by atoms with E-state index in [2.05, 4.69) is 36.9 Å². The van der Waals surface area contributed by atoms with Crippen molar-refractivity contribution in [2.45, 2.75) is 25.2 Å². The van der Waals surface area contributed by atoms with Crippen LogP contribution in [-0.4, -0.2) is 60.9 Å². The second-order valence-corrected chi connectivity index (χ2v) is 9.93. The van der Waals surface area contributed by atoms with Gasteiger partial charge in [-0.2, -0.15) is 0 Å². The number of carbonyl (C=O) groups is 1. The summed E-state index contributed by atoms with van der Waals surface area (Å²) in [6, 6.07) is 14.1. The Morgan fingerprint density at radius 3 is 2.72 bits per heavy atom. The van der Waals surface area contributed by atoms with Crippen LogP contribution in [0.25, 0.3) is 10.2 Å². The lowest BCUT2D eigenvalue weighted by Gasteiger charge is -2.28. The predicted molar refractivity (Wildman–Crippen MR) is 138 cm³/mol. The van der Waals surface area contributed by atoms with Gasteiger partial charge in [0.05, 0.1) is 29.0 Å². The molecule has 1 saturated heterocycles. The van der Waals surface area contributed by atoms with Crippen molar-refractivity contribution in [2.24, 2.45) is 0 Å². The van der Waals surface area contributed by atoms with Crippen molar-refractivity contribution < 1.29 is 9.53 Å². The van der Waals surface area contributed by atoms with Gasteiger partial charge >= 0.3 is 0 Å². The van der Waals surface area contributed by atoms with Crippen LogP contribution < -0.4 is 4.90 Å². The fourth-order valence-electron chi connectivity index (χ4n) is 3.82. The molecular formula is C24H30ClN3O2S2. The van der Waals surface area contributed by atoms with Crippen molar-refractivity contribution in [2.75, 3.05) is 50.0 Å². The lowest BCUT2D eigenvalue weighted by molar-refractivity contribution is 0.0376. The van der Waals surface area contributed by atoms with Crippen LogP contribution in [0, 0.1) is 6.92 Å². The zero-order chi connectivity index (χ0) is 21.6. The first-order valence-electron chi connectivity index (χ1n) is 10.9. The van der Waals surface area contributed by atoms with Gasteiger partial charge in [0, 0.05) is 31.1 Å². The number of benzene rings is 2. The number of halogens is 1. The fourth-order valence-corrected chi connectivity index (χ4v) is 5.69. The predicted octanol–water partition coefficient (Wildman–Crippen LogP) is 5.51. The van der Waals surface area contributed by atoms with Gasteiger partial charge in [-0.25, -0.2) is 4.98 Å². The van der Waals surface area contributed by atoms with Crippen LogP contribution in [0.15, 0.2) is 47.4 Å². The van der Waals surface area contributed by atoms with Crippen molar-refractivity contribution in [3.63, 3.8) is 0 Å². The quantitative estimate of drug-likeness (QED) is 0.389. The van der Waals surface area contributed by atoms with Crippen LogP contribution in [0.3, 0.4) is 0 Å². The van der Waals surface area contributed by atoms with E-state index in [1.165, 1.54) is 0 Å². The smallest absolute Gasteiger partial charge is 0.261 e. The second kappa shape index (κ2) is 12.0. The SMILES string of the molecule is CCSc1ccccc1C(=O)N(CCCN1CCOCC1)c1nc2c(C)cccc2s1.Cl. The summed E-state index contributed by atoms with van der Waals surface area (Å²) < 4.78 is 6.58. The molecule has 1 aromatic heterocycles. The van der Waals surface area contributed by atoms with Crippen LogP contribution >= 0.6 is 35.5 Å². The summed E-state index contributed by atoms with van der Waals surface area (Å²) in [6.45, 7) is 9.31. The van der Waals surface area contributed by atoms with Gasteiger partial charge in [0.15, 0.2) is 5.13 Å². The molecule has 0 atom stereocenters. The summed E-state index contributed by atoms with van der Waals surface area (Å²) in [7, 11) is 0. The topological polar surface area (TPSA) is 45.7 Å². The summed E-state index contributed by atoms with van der Waals surface area (Å²) >= 11 is 3.31. The third kappa shape index (κ3) is 5.83. The van der Waals surface area contributed by atoms with Crippen LogP contribution in [0.1, 0.15) is 29.3 Å². The molecule has 4 rings (SSSR count). The van der Waals surface area contributed by atoms with Gasteiger partial charge in [-0.3, -0.25) is 14.6 Å². The first-order chi connectivity index (χ1) is 15.2. The molecule has 0 N–H and O–H groups in total. The Kier molecular flexibility index (Phi) is 9.37. The molecule has 0 radical (unpaired) electrons. The molecule has 1 aliphatic heterocycles. The highest BCUT2D eigenvalue weighted by Crippen LogP contribution is 2.33. The van der Waals surface area contributed by atoms with E-state index in [9.17, 15) is 4.79 Å². The molecule has 0 spiro atoms. The Labute approximate surface area is 204 Å². The largest absolute Gasteiger partial charge is 0.379 e. The summed E-state index contributed by atoms with van der Waals surface area (Å²) in [4.78, 5) is 23.9. The maximum Gasteiger partial charge on any atom is 0.261 e. The van der Waals surface area contributed by atoms with Crippen molar-refractivity contribution in [3.05, 3.63) is 53.6 Å². The summed E-state index contributed by atoms with van der Waals surface area (Å²) in [6.07, 6.45) is 0.906. The number of hydrogen-bond donors (Lipinski definition) is 0. The maximum atomic E-state index is 13.7. The van der Waals surface area contributed by atoms with Crippen LogP contribution in [0.5, 0.6) is 0 Å². The number of para-hydroxylation sites is 1. The van der Waals surface area contributed by atoms with Crippen molar-refractivity contribution in [1.82, 2.24) is 9.88 Å². The van der Waals surface area contributed by atoms with E-state index >= 15 is 0 Å². The molecule has 0 saturated carbocycles. The average Bonchev–Trinajstić information content (AvgIpc) is 3.23. The van der Waals surface area contributed by atoms with Crippen LogP contribution in [0.2, 0.25) is 0 Å². The van der Waals surface area contributed by atoms with E-state index in [1.54, 1.807) is 23.1 Å². The van der Waals surface area contributed by atoms with Gasteiger partial charge in [0.1, 0.15) is 0 Å². The van der Waals surface area contributed by atoms with Gasteiger partial charge in [-0.15, -0.1) is 24.2 Å². The number of ether oxygens (including phenoxy) is 1. The van der Waals surface area contributed by atoms with Gasteiger partial charge in [0.25, 0.3) is 5.91 Å². The lowest BCUT2D eigenvalue weighted by Crippen LogP contribution is -2.39. The number of morpholine rings is 1. The van der Waals surface area contributed by atoms with Crippen molar-refractivity contribution in [1.29, 1.82) is 0 Å². The van der Waals surface area contributed by atoms with Crippen molar-refractivity contribution in [3.8, 4) is 0 Å². The fraction of sp³-hybridized carbons (Fsp3) is 0.417. The van der Waals surface area contributed by atoms with Gasteiger partial charge < -0.3 is 4.74 Å². The lowest BCUT2D eigenvalue weighted by atomic mass is 10.2. The monoisotopic (exact) mass is 491 g/mol. The Balaban J connectivity index is 0.00000289. The minimum Gasteiger partial charge on any atom is -0.379 e. The molecule has 0 unspecified atom stereocenters. The molecular weight excluding hydrogens is 462 g/mol. The standard InChI is InChI=1S/C24H29N3O2S2.ClH/c1-3-30-20-10-5-4-9-19(20)23(28)27(13-7-12-26-14-16-29-17-15-26)24-25-22-18(2)8-6-11-21(22)31-24;/h4-6,8-11H,3,7,12-17H2,1-2H3;1H. The number of hydrogen-bond acceptors (Lipinski definition) is 6. The maximum absolute atomic E-state index is 13.7. The molecule has 1 amide bonds. The second-order valence-electron chi connectivity index (χ2n) is 7.61. The molecule has 0 aliphatic carbocycles. The molecule has 3 aromatic rings. The molecule has 1 aliphatic rings. The van der Waals surface area contributed by atoms with E-state index in [4.69, 9.17) is 9.72 Å². The van der Waals surface area contributed by atoms with E-state index in [0.717, 1.165) is 76.4 Å². The van der Waals surface area contributed by atoms with Crippen molar-refractivity contribution >= 4 is 56.8 Å². The number of carbonyl (C=O) groups excluding carboxylic acids is 1. The number of rotatable bonds is 8. The number of nitrogens with zero attached hydrogens (tertiary/aromatic N) is 3. The number of amides is 1. The minimum atomic E-state index is 0. The van der Waals surface area contributed by atoms with E-state index in [-0.39, 0.29) is 18.3 Å².